The van der Waals surface area contributed by atoms with E-state index in [1.165, 1.54) is 4.90 Å². The normalized spacial score (nSPS) is 19.8. The van der Waals surface area contributed by atoms with E-state index in [1.807, 2.05) is 0 Å². The molecule has 1 aromatic rings. The van der Waals surface area contributed by atoms with Gasteiger partial charge in [-0.2, -0.15) is 0 Å². The molecule has 1 aromatic carbocycles. The second-order valence-electron chi connectivity index (χ2n) is 4.90. The van der Waals surface area contributed by atoms with E-state index in [9.17, 15) is 18.0 Å². The largest absolute Gasteiger partial charge is 0.334 e. The molecule has 1 atom stereocenters. The van der Waals surface area contributed by atoms with Crippen LogP contribution in [0.1, 0.15) is 36.0 Å². The molecule has 20 heavy (non-hydrogen) atoms. The van der Waals surface area contributed by atoms with Gasteiger partial charge in [0.25, 0.3) is 5.91 Å². The van der Waals surface area contributed by atoms with E-state index in [2.05, 4.69) is 0 Å². The molecule has 2 nitrogen and oxygen atoms in total. The van der Waals surface area contributed by atoms with Gasteiger partial charge in [0.2, 0.25) is 0 Å². The van der Waals surface area contributed by atoms with Gasteiger partial charge < -0.3 is 4.90 Å². The van der Waals surface area contributed by atoms with Crippen molar-refractivity contribution in [1.82, 2.24) is 4.90 Å². The fourth-order valence-corrected chi connectivity index (χ4v) is 2.82. The Bertz CT molecular complexity index is 486. The van der Waals surface area contributed by atoms with Crippen LogP contribution in [-0.4, -0.2) is 29.3 Å². The maximum Gasteiger partial charge on any atom is 0.260 e. The van der Waals surface area contributed by atoms with Crippen molar-refractivity contribution in [3.8, 4) is 0 Å². The van der Waals surface area contributed by atoms with Gasteiger partial charge in [0, 0.05) is 30.6 Å². The highest BCUT2D eigenvalue weighted by atomic mass is 35.5. The maximum atomic E-state index is 13.7. The van der Waals surface area contributed by atoms with E-state index in [0.717, 1.165) is 19.3 Å². The molecule has 0 N–H and O–H groups in total. The molecule has 1 amide bonds. The summed E-state index contributed by atoms with van der Waals surface area (Å²) in [6.07, 6.45) is 3.35. The summed E-state index contributed by atoms with van der Waals surface area (Å²) in [5.74, 6) is -3.93. The van der Waals surface area contributed by atoms with Crippen molar-refractivity contribution in [2.24, 2.45) is 0 Å². The Morgan fingerprint density at radius 3 is 2.45 bits per heavy atom. The van der Waals surface area contributed by atoms with Crippen LogP contribution in [0.5, 0.6) is 0 Å². The summed E-state index contributed by atoms with van der Waals surface area (Å²) in [5.41, 5.74) is -0.705. The number of carbonyl (C=O) groups excluding carboxylic acids is 1. The predicted molar refractivity (Wildman–Crippen MR) is 70.3 cm³/mol. The minimum absolute atomic E-state index is 0.218. The molecule has 1 aliphatic heterocycles. The fourth-order valence-electron chi connectivity index (χ4n) is 2.50. The van der Waals surface area contributed by atoms with Crippen molar-refractivity contribution in [2.75, 3.05) is 12.4 Å². The molecule has 2 rings (SSSR count). The molecule has 1 saturated heterocycles. The summed E-state index contributed by atoms with van der Waals surface area (Å²) in [4.78, 5) is 13.7. The molecule has 1 heterocycles. The molecule has 110 valence electrons. The SMILES string of the molecule is O=C(c1c(F)cc(F)cc1F)N1CCCCCC1CCl. The zero-order valence-electron chi connectivity index (χ0n) is 10.8. The van der Waals surface area contributed by atoms with Crippen LogP contribution in [0.3, 0.4) is 0 Å². The highest BCUT2D eigenvalue weighted by Crippen LogP contribution is 2.23. The minimum atomic E-state index is -1.18. The van der Waals surface area contributed by atoms with Gasteiger partial charge in [-0.1, -0.05) is 12.8 Å². The van der Waals surface area contributed by atoms with Crippen LogP contribution in [0, 0.1) is 17.5 Å². The van der Waals surface area contributed by atoms with Crippen LogP contribution >= 0.6 is 11.6 Å². The second kappa shape index (κ2) is 6.48. The van der Waals surface area contributed by atoms with Crippen LogP contribution < -0.4 is 0 Å². The topological polar surface area (TPSA) is 20.3 Å². The van der Waals surface area contributed by atoms with Crippen molar-refractivity contribution >= 4 is 17.5 Å². The van der Waals surface area contributed by atoms with E-state index in [0.29, 0.717) is 25.1 Å². The van der Waals surface area contributed by atoms with Crippen LogP contribution in [0.4, 0.5) is 13.2 Å². The van der Waals surface area contributed by atoms with Crippen LogP contribution in [0.15, 0.2) is 12.1 Å². The molecule has 0 bridgehead atoms. The van der Waals surface area contributed by atoms with Crippen molar-refractivity contribution in [1.29, 1.82) is 0 Å². The van der Waals surface area contributed by atoms with Crippen LogP contribution in [0.25, 0.3) is 0 Å². The molecular weight excluding hydrogens is 291 g/mol. The molecule has 0 spiro atoms. The number of hydrogen-bond donors (Lipinski definition) is 0. The Morgan fingerprint density at radius 1 is 1.20 bits per heavy atom. The second-order valence-corrected chi connectivity index (χ2v) is 5.21. The maximum absolute atomic E-state index is 13.7. The van der Waals surface area contributed by atoms with E-state index in [4.69, 9.17) is 11.6 Å². The summed E-state index contributed by atoms with van der Waals surface area (Å²) in [6.45, 7) is 0.409. The third-order valence-electron chi connectivity index (χ3n) is 3.54. The molecule has 0 radical (unpaired) electrons. The predicted octanol–water partition coefficient (Wildman–Crippen LogP) is 3.73. The average molecular weight is 306 g/mol. The summed E-state index contributed by atoms with van der Waals surface area (Å²) >= 11 is 5.84. The number of nitrogens with zero attached hydrogens (tertiary/aromatic N) is 1. The Labute approximate surface area is 120 Å². The first kappa shape index (κ1) is 15.2. The molecule has 1 unspecified atom stereocenters. The zero-order chi connectivity index (χ0) is 14.7. The van der Waals surface area contributed by atoms with E-state index >= 15 is 0 Å². The van der Waals surface area contributed by atoms with Gasteiger partial charge in [0.15, 0.2) is 0 Å². The highest BCUT2D eigenvalue weighted by molar-refractivity contribution is 6.18. The van der Waals surface area contributed by atoms with Gasteiger partial charge in [-0.15, -0.1) is 11.6 Å². The molecule has 1 fully saturated rings. The lowest BCUT2D eigenvalue weighted by Crippen LogP contribution is -2.41. The third-order valence-corrected chi connectivity index (χ3v) is 3.89. The smallest absolute Gasteiger partial charge is 0.260 e. The van der Waals surface area contributed by atoms with Gasteiger partial charge in [-0.05, 0) is 12.8 Å². The van der Waals surface area contributed by atoms with E-state index in [1.54, 1.807) is 0 Å². The molecule has 6 heteroatoms. The van der Waals surface area contributed by atoms with Crippen LogP contribution in [0.2, 0.25) is 0 Å². The summed E-state index contributed by atoms with van der Waals surface area (Å²) in [6, 6.07) is 0.795. The summed E-state index contributed by atoms with van der Waals surface area (Å²) in [5, 5.41) is 0. The Kier molecular flexibility index (Phi) is 4.91. The first-order valence-corrected chi connectivity index (χ1v) is 7.09. The Balaban J connectivity index is 2.34. The van der Waals surface area contributed by atoms with Gasteiger partial charge in [0.05, 0.1) is 0 Å². The number of halogens is 4. The molecular formula is C14H15ClF3NO. The number of alkyl halides is 1. The lowest BCUT2D eigenvalue weighted by molar-refractivity contribution is 0.0690. The van der Waals surface area contributed by atoms with Gasteiger partial charge in [0.1, 0.15) is 23.0 Å². The molecule has 0 saturated carbocycles. The van der Waals surface area contributed by atoms with Crippen molar-refractivity contribution < 1.29 is 18.0 Å². The van der Waals surface area contributed by atoms with Gasteiger partial charge in [-0.25, -0.2) is 13.2 Å². The standard InChI is InChI=1S/C14H15ClF3NO/c15-8-10-4-2-1-3-5-19(10)14(20)13-11(17)6-9(16)7-12(13)18/h6-7,10H,1-5,8H2. The highest BCUT2D eigenvalue weighted by Gasteiger charge is 2.29. The molecule has 0 aromatic heterocycles. The Hall–Kier alpha value is -1.23. The average Bonchev–Trinajstić information content (AvgIpc) is 2.62. The van der Waals surface area contributed by atoms with Crippen molar-refractivity contribution in [3.63, 3.8) is 0 Å². The van der Waals surface area contributed by atoms with E-state index < -0.39 is 28.9 Å². The fraction of sp³-hybridized carbons (Fsp3) is 0.500. The third kappa shape index (κ3) is 3.08. The lowest BCUT2D eigenvalue weighted by atomic mass is 10.1. The zero-order valence-corrected chi connectivity index (χ0v) is 11.6. The van der Waals surface area contributed by atoms with Gasteiger partial charge in [-0.3, -0.25) is 4.79 Å². The first-order valence-electron chi connectivity index (χ1n) is 6.56. The molecule has 0 aliphatic carbocycles. The number of rotatable bonds is 2. The first-order chi connectivity index (χ1) is 9.54. The van der Waals surface area contributed by atoms with Crippen molar-refractivity contribution in [2.45, 2.75) is 31.7 Å². The van der Waals surface area contributed by atoms with Crippen molar-refractivity contribution in [3.05, 3.63) is 35.1 Å². The molecule has 1 aliphatic rings. The van der Waals surface area contributed by atoms with Crippen LogP contribution in [-0.2, 0) is 0 Å². The monoisotopic (exact) mass is 305 g/mol. The summed E-state index contributed by atoms with van der Waals surface area (Å²) in [7, 11) is 0. The number of hydrogen-bond acceptors (Lipinski definition) is 1. The number of likely N-dealkylation sites (tertiary alicyclic amines) is 1. The lowest BCUT2D eigenvalue weighted by Gasteiger charge is -2.28. The minimum Gasteiger partial charge on any atom is -0.334 e. The quantitative estimate of drug-likeness (QED) is 0.763. The Morgan fingerprint density at radius 2 is 1.85 bits per heavy atom. The van der Waals surface area contributed by atoms with Gasteiger partial charge >= 0.3 is 0 Å². The van der Waals surface area contributed by atoms with E-state index in [-0.39, 0.29) is 11.9 Å². The number of carbonyl (C=O) groups is 1. The summed E-state index contributed by atoms with van der Waals surface area (Å²) < 4.78 is 40.3. The number of amides is 1. The number of benzene rings is 1.